The fourth-order valence-corrected chi connectivity index (χ4v) is 3.44. The van der Waals surface area contributed by atoms with E-state index in [-0.39, 0.29) is 16.7 Å². The smallest absolute Gasteiger partial charge is 0.276 e. The van der Waals surface area contributed by atoms with Gasteiger partial charge in [-0.3, -0.25) is 10.1 Å². The molecule has 142 valence electrons. The highest BCUT2D eigenvalue weighted by molar-refractivity contribution is 8.13. The summed E-state index contributed by atoms with van der Waals surface area (Å²) in [4.78, 5) is 21.2. The van der Waals surface area contributed by atoms with Gasteiger partial charge in [0.2, 0.25) is 0 Å². The Hall–Kier alpha value is -3.11. The molecule has 0 saturated heterocycles. The second-order valence-electron chi connectivity index (χ2n) is 5.43. The van der Waals surface area contributed by atoms with Crippen molar-refractivity contribution in [3.8, 4) is 0 Å². The predicted molar refractivity (Wildman–Crippen MR) is 111 cm³/mol. The van der Waals surface area contributed by atoms with Crippen LogP contribution in [0.15, 0.2) is 63.2 Å². The maximum atomic E-state index is 13.2. The normalized spacial score (nSPS) is 11.2. The molecule has 3 N–H and O–H groups in total. The van der Waals surface area contributed by atoms with Crippen molar-refractivity contribution < 1.29 is 9.18 Å². The number of nitrogens with two attached hydrogens (primary N) is 1. The number of pyridine rings is 1. The van der Waals surface area contributed by atoms with E-state index in [4.69, 9.17) is 5.73 Å². The third-order valence-corrected chi connectivity index (χ3v) is 4.92. The van der Waals surface area contributed by atoms with Gasteiger partial charge in [-0.25, -0.2) is 14.4 Å². The molecule has 28 heavy (non-hydrogen) atoms. The molecule has 0 spiro atoms. The van der Waals surface area contributed by atoms with Crippen molar-refractivity contribution in [2.75, 3.05) is 5.32 Å². The zero-order chi connectivity index (χ0) is 19.9. The number of amides is 1. The SMILES string of the molecule is C=N/N=C(\N)Sc1ccc(Cc2ccc(F)cc2)c(C(=O)Nc2nccs2)n1. The number of thioether (sulfide) groups is 1. The number of hydrogen-bond donors (Lipinski definition) is 2. The van der Waals surface area contributed by atoms with E-state index >= 15 is 0 Å². The van der Waals surface area contributed by atoms with Gasteiger partial charge in [-0.1, -0.05) is 18.2 Å². The maximum Gasteiger partial charge on any atom is 0.276 e. The second kappa shape index (κ2) is 9.20. The Bertz CT molecular complexity index is 1010. The molecule has 10 heteroatoms. The van der Waals surface area contributed by atoms with Crippen molar-refractivity contribution in [3.63, 3.8) is 0 Å². The standard InChI is InChI=1S/C18H15FN6OS2/c1-21-25-17(20)28-14-7-4-12(10-11-2-5-13(19)6-3-11)15(23-14)16(26)24-18-22-8-9-27-18/h2-9H,1,10H2,(H2,20,25)(H,22,24,26). The fourth-order valence-electron chi connectivity index (χ4n) is 2.33. The highest BCUT2D eigenvalue weighted by Gasteiger charge is 2.17. The highest BCUT2D eigenvalue weighted by Crippen LogP contribution is 2.22. The topological polar surface area (TPSA) is 106 Å². The largest absolute Gasteiger partial charge is 0.376 e. The minimum Gasteiger partial charge on any atom is -0.376 e. The lowest BCUT2D eigenvalue weighted by Crippen LogP contribution is -2.17. The first-order valence-electron chi connectivity index (χ1n) is 7.97. The molecule has 1 aromatic carbocycles. The van der Waals surface area contributed by atoms with E-state index in [2.05, 4.69) is 32.2 Å². The lowest BCUT2D eigenvalue weighted by molar-refractivity contribution is 0.102. The summed E-state index contributed by atoms with van der Waals surface area (Å²) in [6, 6.07) is 9.60. The minimum absolute atomic E-state index is 0.153. The number of amidine groups is 1. The molecule has 0 unspecified atom stereocenters. The lowest BCUT2D eigenvalue weighted by Gasteiger charge is -2.10. The number of benzene rings is 1. The Morgan fingerprint density at radius 3 is 2.75 bits per heavy atom. The van der Waals surface area contributed by atoms with Gasteiger partial charge < -0.3 is 5.73 Å². The van der Waals surface area contributed by atoms with Crippen molar-refractivity contribution in [2.24, 2.45) is 15.9 Å². The number of thiazole rings is 1. The van der Waals surface area contributed by atoms with Gasteiger partial charge in [-0.05, 0) is 47.5 Å². The molecule has 3 rings (SSSR count). The summed E-state index contributed by atoms with van der Waals surface area (Å²) in [5.74, 6) is -0.715. The number of halogens is 1. The van der Waals surface area contributed by atoms with Crippen LogP contribution in [0.1, 0.15) is 21.6 Å². The van der Waals surface area contributed by atoms with Crippen LogP contribution in [-0.4, -0.2) is 27.8 Å². The number of rotatable bonds is 6. The van der Waals surface area contributed by atoms with E-state index in [9.17, 15) is 9.18 Å². The highest BCUT2D eigenvalue weighted by atomic mass is 32.2. The lowest BCUT2D eigenvalue weighted by atomic mass is 10.0. The minimum atomic E-state index is -0.396. The molecule has 0 radical (unpaired) electrons. The third kappa shape index (κ3) is 5.21. The van der Waals surface area contributed by atoms with Gasteiger partial charge in [0.15, 0.2) is 10.3 Å². The average Bonchev–Trinajstić information content (AvgIpc) is 3.18. The number of nitrogens with one attached hydrogen (secondary N) is 1. The maximum absolute atomic E-state index is 13.2. The summed E-state index contributed by atoms with van der Waals surface area (Å²) in [6.45, 7) is 3.25. The summed E-state index contributed by atoms with van der Waals surface area (Å²) in [5, 5.41) is 12.6. The zero-order valence-electron chi connectivity index (χ0n) is 14.5. The van der Waals surface area contributed by atoms with Crippen molar-refractivity contribution in [1.29, 1.82) is 0 Å². The molecule has 0 bridgehead atoms. The summed E-state index contributed by atoms with van der Waals surface area (Å²) in [6.07, 6.45) is 2.01. The van der Waals surface area contributed by atoms with Gasteiger partial charge in [0.1, 0.15) is 16.5 Å². The molecule has 0 aliphatic heterocycles. The molecular formula is C18H15FN6OS2. The van der Waals surface area contributed by atoms with Crippen LogP contribution in [0, 0.1) is 5.82 Å². The van der Waals surface area contributed by atoms with Crippen LogP contribution >= 0.6 is 23.1 Å². The van der Waals surface area contributed by atoms with Crippen molar-refractivity contribution in [2.45, 2.75) is 11.4 Å². The molecule has 0 aliphatic carbocycles. The molecule has 3 aromatic rings. The van der Waals surface area contributed by atoms with Crippen molar-refractivity contribution in [1.82, 2.24) is 9.97 Å². The molecule has 2 heterocycles. The summed E-state index contributed by atoms with van der Waals surface area (Å²) in [5.41, 5.74) is 7.48. The van der Waals surface area contributed by atoms with E-state index in [1.807, 2.05) is 0 Å². The molecule has 0 atom stereocenters. The van der Waals surface area contributed by atoms with Gasteiger partial charge in [-0.2, -0.15) is 5.10 Å². The van der Waals surface area contributed by atoms with E-state index in [1.54, 1.807) is 35.8 Å². The van der Waals surface area contributed by atoms with Crippen LogP contribution in [0.5, 0.6) is 0 Å². The van der Waals surface area contributed by atoms with E-state index in [1.165, 1.54) is 23.5 Å². The Kier molecular flexibility index (Phi) is 6.45. The molecular weight excluding hydrogens is 399 g/mol. The van der Waals surface area contributed by atoms with Crippen LogP contribution in [0.4, 0.5) is 9.52 Å². The second-order valence-corrected chi connectivity index (χ2v) is 7.37. The van der Waals surface area contributed by atoms with Crippen LogP contribution in [-0.2, 0) is 6.42 Å². The Morgan fingerprint density at radius 1 is 1.29 bits per heavy atom. The van der Waals surface area contributed by atoms with Crippen molar-refractivity contribution in [3.05, 3.63) is 70.6 Å². The average molecular weight is 414 g/mol. The van der Waals surface area contributed by atoms with E-state index in [0.29, 0.717) is 22.1 Å². The number of hydrogen-bond acceptors (Lipinski definition) is 7. The molecule has 2 aromatic heterocycles. The van der Waals surface area contributed by atoms with Crippen LogP contribution in [0.25, 0.3) is 0 Å². The monoisotopic (exact) mass is 414 g/mol. The first-order valence-corrected chi connectivity index (χ1v) is 9.67. The summed E-state index contributed by atoms with van der Waals surface area (Å²) in [7, 11) is 0. The molecule has 1 amide bonds. The summed E-state index contributed by atoms with van der Waals surface area (Å²) >= 11 is 2.37. The van der Waals surface area contributed by atoms with Gasteiger partial charge in [0.05, 0.1) is 0 Å². The van der Waals surface area contributed by atoms with Gasteiger partial charge in [0.25, 0.3) is 5.91 Å². The van der Waals surface area contributed by atoms with Crippen LogP contribution in [0.3, 0.4) is 0 Å². The van der Waals surface area contributed by atoms with Gasteiger partial charge >= 0.3 is 0 Å². The van der Waals surface area contributed by atoms with Crippen molar-refractivity contribution >= 4 is 46.0 Å². The number of carbonyl (C=O) groups is 1. The molecule has 7 nitrogen and oxygen atoms in total. The number of aromatic nitrogens is 2. The summed E-state index contributed by atoms with van der Waals surface area (Å²) < 4.78 is 13.2. The predicted octanol–water partition coefficient (Wildman–Crippen LogP) is 3.54. The van der Waals surface area contributed by atoms with E-state index < -0.39 is 5.91 Å². The molecule has 0 aliphatic rings. The zero-order valence-corrected chi connectivity index (χ0v) is 16.1. The quantitative estimate of drug-likeness (QED) is 0.278. The molecule has 0 saturated carbocycles. The van der Waals surface area contributed by atoms with Crippen LogP contribution < -0.4 is 11.1 Å². The third-order valence-electron chi connectivity index (χ3n) is 3.51. The van der Waals surface area contributed by atoms with E-state index in [0.717, 1.165) is 17.3 Å². The Morgan fingerprint density at radius 2 is 2.07 bits per heavy atom. The molecule has 0 fully saturated rings. The number of carbonyl (C=O) groups excluding carboxylic acids is 1. The fraction of sp³-hybridized carbons (Fsp3) is 0.0556. The number of anilines is 1. The van der Waals surface area contributed by atoms with Gasteiger partial charge in [-0.15, -0.1) is 16.4 Å². The first kappa shape index (κ1) is 19.6. The Labute approximate surface area is 168 Å². The van der Waals surface area contributed by atoms with Gasteiger partial charge in [0, 0.05) is 18.3 Å². The first-order chi connectivity index (χ1) is 13.5. The van der Waals surface area contributed by atoms with Crippen LogP contribution in [0.2, 0.25) is 0 Å². The Balaban J connectivity index is 1.92. The number of nitrogens with zero attached hydrogens (tertiary/aromatic N) is 4.